The molecule has 5 heteroatoms. The minimum atomic E-state index is 0.0261. The average Bonchev–Trinajstić information content (AvgIpc) is 3.18. The monoisotopic (exact) mass is 404 g/mol. The maximum Gasteiger partial charge on any atom is 0.262 e. The zero-order valence-electron chi connectivity index (χ0n) is 16.7. The Morgan fingerprint density at radius 3 is 2.55 bits per heavy atom. The van der Waals surface area contributed by atoms with Crippen LogP contribution >= 0.6 is 11.3 Å². The Morgan fingerprint density at radius 2 is 1.83 bits per heavy atom. The largest absolute Gasteiger partial charge is 0.494 e. The molecule has 0 saturated carbocycles. The van der Waals surface area contributed by atoms with Gasteiger partial charge < -0.3 is 4.74 Å². The van der Waals surface area contributed by atoms with E-state index < -0.39 is 0 Å². The summed E-state index contributed by atoms with van der Waals surface area (Å²) in [5.74, 6) is 1.61. The SMILES string of the molecule is CCc1ccc(OCCCn2c(C)nc3sc(-c4ccccc4)cc3c2=O)cc1. The molecule has 0 aliphatic rings. The van der Waals surface area contributed by atoms with Gasteiger partial charge in [0, 0.05) is 11.4 Å². The number of fused-ring (bicyclic) bond motifs is 1. The van der Waals surface area contributed by atoms with E-state index in [1.165, 1.54) is 5.56 Å². The molecule has 148 valence electrons. The second-order valence-electron chi connectivity index (χ2n) is 7.01. The third-order valence-electron chi connectivity index (χ3n) is 5.03. The molecule has 2 aromatic carbocycles. The summed E-state index contributed by atoms with van der Waals surface area (Å²) in [6, 6.07) is 20.3. The van der Waals surface area contributed by atoms with Gasteiger partial charge in [-0.3, -0.25) is 9.36 Å². The van der Waals surface area contributed by atoms with Crippen molar-refractivity contribution < 1.29 is 4.74 Å². The van der Waals surface area contributed by atoms with Crippen molar-refractivity contribution in [1.29, 1.82) is 0 Å². The average molecular weight is 405 g/mol. The predicted molar refractivity (Wildman–Crippen MR) is 120 cm³/mol. The van der Waals surface area contributed by atoms with Gasteiger partial charge in [-0.2, -0.15) is 0 Å². The van der Waals surface area contributed by atoms with E-state index in [1.54, 1.807) is 15.9 Å². The van der Waals surface area contributed by atoms with Crippen LogP contribution < -0.4 is 10.3 Å². The number of benzene rings is 2. The van der Waals surface area contributed by atoms with Crippen LogP contribution in [0.3, 0.4) is 0 Å². The molecule has 0 spiro atoms. The van der Waals surface area contributed by atoms with E-state index in [9.17, 15) is 4.79 Å². The Morgan fingerprint density at radius 1 is 1.07 bits per heavy atom. The van der Waals surface area contributed by atoms with E-state index in [0.29, 0.717) is 18.5 Å². The Bertz CT molecular complexity index is 1160. The van der Waals surface area contributed by atoms with Crippen LogP contribution in [0.1, 0.15) is 24.7 Å². The number of aromatic nitrogens is 2. The first kappa shape index (κ1) is 19.4. The minimum absolute atomic E-state index is 0.0261. The van der Waals surface area contributed by atoms with Crippen LogP contribution in [0.2, 0.25) is 0 Å². The molecule has 2 heterocycles. The summed E-state index contributed by atoms with van der Waals surface area (Å²) in [7, 11) is 0. The van der Waals surface area contributed by atoms with Gasteiger partial charge in [-0.15, -0.1) is 11.3 Å². The van der Waals surface area contributed by atoms with E-state index in [2.05, 4.69) is 36.2 Å². The highest BCUT2D eigenvalue weighted by Crippen LogP contribution is 2.30. The van der Waals surface area contributed by atoms with Crippen molar-refractivity contribution in [1.82, 2.24) is 9.55 Å². The lowest BCUT2D eigenvalue weighted by Crippen LogP contribution is -2.24. The molecular formula is C24H24N2O2S. The summed E-state index contributed by atoms with van der Waals surface area (Å²) in [5, 5.41) is 0.690. The van der Waals surface area contributed by atoms with E-state index in [0.717, 1.165) is 39.7 Å². The number of nitrogens with zero attached hydrogens (tertiary/aromatic N) is 2. The fourth-order valence-electron chi connectivity index (χ4n) is 3.36. The standard InChI is InChI=1S/C24H24N2O2S/c1-3-18-10-12-20(13-11-18)28-15-7-14-26-17(2)25-23-21(24(26)27)16-22(29-23)19-8-5-4-6-9-19/h4-6,8-13,16H,3,7,14-15H2,1-2H3. The van der Waals surface area contributed by atoms with Crippen molar-refractivity contribution in [3.05, 3.63) is 82.4 Å². The molecule has 0 aliphatic heterocycles. The number of thiophene rings is 1. The van der Waals surface area contributed by atoms with Crippen LogP contribution in [0.4, 0.5) is 0 Å². The van der Waals surface area contributed by atoms with E-state index in [-0.39, 0.29) is 5.56 Å². The topological polar surface area (TPSA) is 44.1 Å². The van der Waals surface area contributed by atoms with Gasteiger partial charge in [0.25, 0.3) is 5.56 Å². The molecule has 0 aliphatic carbocycles. The van der Waals surface area contributed by atoms with Gasteiger partial charge in [0.05, 0.1) is 12.0 Å². The zero-order valence-corrected chi connectivity index (χ0v) is 17.5. The normalized spacial score (nSPS) is 11.1. The smallest absolute Gasteiger partial charge is 0.262 e. The third-order valence-corrected chi connectivity index (χ3v) is 6.10. The maximum absolute atomic E-state index is 13.0. The van der Waals surface area contributed by atoms with Crippen molar-refractivity contribution >= 4 is 21.6 Å². The molecule has 0 unspecified atom stereocenters. The van der Waals surface area contributed by atoms with Crippen molar-refractivity contribution in [3.63, 3.8) is 0 Å². The Hall–Kier alpha value is -2.92. The van der Waals surface area contributed by atoms with Crippen LogP contribution in [0.25, 0.3) is 20.7 Å². The van der Waals surface area contributed by atoms with Crippen LogP contribution in [-0.2, 0) is 13.0 Å². The summed E-state index contributed by atoms with van der Waals surface area (Å²) < 4.78 is 7.58. The summed E-state index contributed by atoms with van der Waals surface area (Å²) in [5.41, 5.74) is 2.43. The number of hydrogen-bond acceptors (Lipinski definition) is 4. The van der Waals surface area contributed by atoms with E-state index >= 15 is 0 Å². The summed E-state index contributed by atoms with van der Waals surface area (Å²) >= 11 is 1.57. The minimum Gasteiger partial charge on any atom is -0.494 e. The molecule has 0 radical (unpaired) electrons. The van der Waals surface area contributed by atoms with Crippen LogP contribution in [0.15, 0.2) is 65.5 Å². The van der Waals surface area contributed by atoms with Crippen LogP contribution in [0, 0.1) is 6.92 Å². The van der Waals surface area contributed by atoms with E-state index in [1.807, 2.05) is 43.3 Å². The molecule has 0 N–H and O–H groups in total. The molecule has 0 saturated heterocycles. The fraction of sp³-hybridized carbons (Fsp3) is 0.250. The van der Waals surface area contributed by atoms with Gasteiger partial charge in [0.15, 0.2) is 0 Å². The van der Waals surface area contributed by atoms with Gasteiger partial charge in [-0.25, -0.2) is 4.98 Å². The van der Waals surface area contributed by atoms with Crippen molar-refractivity contribution in [3.8, 4) is 16.2 Å². The summed E-state index contributed by atoms with van der Waals surface area (Å²) in [4.78, 5) is 19.6. The van der Waals surface area contributed by atoms with Gasteiger partial charge >= 0.3 is 0 Å². The number of hydrogen-bond donors (Lipinski definition) is 0. The molecule has 4 nitrogen and oxygen atoms in total. The molecule has 0 atom stereocenters. The predicted octanol–water partition coefficient (Wildman–Crippen LogP) is 5.46. The molecule has 0 amide bonds. The molecule has 0 bridgehead atoms. The van der Waals surface area contributed by atoms with Crippen LogP contribution in [0.5, 0.6) is 5.75 Å². The van der Waals surface area contributed by atoms with Gasteiger partial charge in [-0.05, 0) is 49.1 Å². The lowest BCUT2D eigenvalue weighted by molar-refractivity contribution is 0.300. The Labute approximate surface area is 174 Å². The first-order valence-electron chi connectivity index (χ1n) is 9.94. The van der Waals surface area contributed by atoms with Gasteiger partial charge in [-0.1, -0.05) is 49.4 Å². The first-order valence-corrected chi connectivity index (χ1v) is 10.8. The summed E-state index contributed by atoms with van der Waals surface area (Å²) in [6.45, 7) is 5.19. The molecular weight excluding hydrogens is 380 g/mol. The quantitative estimate of drug-likeness (QED) is 0.384. The van der Waals surface area contributed by atoms with Crippen molar-refractivity contribution in [2.45, 2.75) is 33.2 Å². The lowest BCUT2D eigenvalue weighted by atomic mass is 10.2. The number of ether oxygens (including phenoxy) is 1. The Balaban J connectivity index is 1.47. The lowest BCUT2D eigenvalue weighted by Gasteiger charge is -2.10. The maximum atomic E-state index is 13.0. The van der Waals surface area contributed by atoms with Gasteiger partial charge in [0.2, 0.25) is 0 Å². The van der Waals surface area contributed by atoms with Crippen LogP contribution in [-0.4, -0.2) is 16.2 Å². The number of aryl methyl sites for hydroxylation is 2. The number of rotatable bonds is 7. The second-order valence-corrected chi connectivity index (χ2v) is 8.04. The molecule has 4 rings (SSSR count). The second kappa shape index (κ2) is 8.62. The van der Waals surface area contributed by atoms with Crippen molar-refractivity contribution in [2.75, 3.05) is 6.61 Å². The highest BCUT2D eigenvalue weighted by atomic mass is 32.1. The highest BCUT2D eigenvalue weighted by Gasteiger charge is 2.12. The van der Waals surface area contributed by atoms with E-state index in [4.69, 9.17) is 4.74 Å². The molecule has 2 aromatic heterocycles. The molecule has 29 heavy (non-hydrogen) atoms. The highest BCUT2D eigenvalue weighted by molar-refractivity contribution is 7.21. The fourth-order valence-corrected chi connectivity index (χ4v) is 4.43. The summed E-state index contributed by atoms with van der Waals surface area (Å²) in [6.07, 6.45) is 1.77. The van der Waals surface area contributed by atoms with Crippen molar-refractivity contribution in [2.24, 2.45) is 0 Å². The van der Waals surface area contributed by atoms with Gasteiger partial charge in [0.1, 0.15) is 16.4 Å². The molecule has 4 aromatic rings. The third kappa shape index (κ3) is 4.25. The Kier molecular flexibility index (Phi) is 5.76. The first-order chi connectivity index (χ1) is 14.2. The zero-order chi connectivity index (χ0) is 20.2. The molecule has 0 fully saturated rings.